The predicted octanol–water partition coefficient (Wildman–Crippen LogP) is 1.48. The van der Waals surface area contributed by atoms with Gasteiger partial charge in [-0.25, -0.2) is 0 Å². The third-order valence-electron chi connectivity index (χ3n) is 3.87. The topological polar surface area (TPSA) is 78.4 Å². The molecule has 2 aromatic rings. The summed E-state index contributed by atoms with van der Waals surface area (Å²) >= 11 is 1.14. The largest absolute Gasteiger partial charge is 0.395 e. The van der Waals surface area contributed by atoms with Crippen molar-refractivity contribution in [1.82, 2.24) is 13.6 Å². The number of carbonyl (C=O) groups excluding carboxylic acids is 1. The molecule has 1 aromatic carbocycles. The molecule has 7 heteroatoms. The first-order valence-corrected chi connectivity index (χ1v) is 7.87. The second kappa shape index (κ2) is 6.46. The summed E-state index contributed by atoms with van der Waals surface area (Å²) in [7, 11) is 0. The molecule has 0 saturated carbocycles. The van der Waals surface area contributed by atoms with Crippen molar-refractivity contribution in [2.75, 3.05) is 25.0 Å². The lowest BCUT2D eigenvalue weighted by atomic mass is 10.0. The summed E-state index contributed by atoms with van der Waals surface area (Å²) in [5.41, 5.74) is 2.22. The van der Waals surface area contributed by atoms with Crippen LogP contribution in [0, 0.1) is 0 Å². The van der Waals surface area contributed by atoms with Gasteiger partial charge < -0.3 is 10.4 Å². The molecule has 1 fully saturated rings. The van der Waals surface area contributed by atoms with Crippen molar-refractivity contribution in [2.45, 2.75) is 25.3 Å². The van der Waals surface area contributed by atoms with Gasteiger partial charge in [-0.3, -0.25) is 9.69 Å². The molecule has 112 valence electrons. The summed E-state index contributed by atoms with van der Waals surface area (Å²) in [4.78, 5) is 14.3. The van der Waals surface area contributed by atoms with E-state index in [9.17, 15) is 9.90 Å². The number of amides is 1. The van der Waals surface area contributed by atoms with Gasteiger partial charge >= 0.3 is 0 Å². The van der Waals surface area contributed by atoms with Gasteiger partial charge in [-0.15, -0.1) is 0 Å². The van der Waals surface area contributed by atoms with Gasteiger partial charge in [0.25, 0.3) is 0 Å². The summed E-state index contributed by atoms with van der Waals surface area (Å²) in [6.45, 7) is 1.28. The highest BCUT2D eigenvalue weighted by Gasteiger charge is 2.23. The van der Waals surface area contributed by atoms with Crippen LogP contribution in [-0.4, -0.2) is 50.4 Å². The number of aromatic nitrogens is 2. The predicted molar refractivity (Wildman–Crippen MR) is 82.3 cm³/mol. The monoisotopic (exact) mass is 306 g/mol. The van der Waals surface area contributed by atoms with E-state index in [2.05, 4.69) is 19.0 Å². The number of hydrogen-bond acceptors (Lipinski definition) is 6. The van der Waals surface area contributed by atoms with Gasteiger partial charge in [0.1, 0.15) is 11.0 Å². The van der Waals surface area contributed by atoms with E-state index in [-0.39, 0.29) is 18.6 Å². The Kier molecular flexibility index (Phi) is 4.42. The van der Waals surface area contributed by atoms with Gasteiger partial charge in [0.05, 0.1) is 30.6 Å². The Morgan fingerprint density at radius 1 is 1.43 bits per heavy atom. The summed E-state index contributed by atoms with van der Waals surface area (Å²) < 4.78 is 8.38. The molecule has 2 heterocycles. The average Bonchev–Trinajstić information content (AvgIpc) is 2.97. The highest BCUT2D eigenvalue weighted by molar-refractivity contribution is 7.00. The number of anilines is 1. The highest BCUT2D eigenvalue weighted by Crippen LogP contribution is 2.21. The van der Waals surface area contributed by atoms with Crippen LogP contribution in [0.3, 0.4) is 0 Å². The van der Waals surface area contributed by atoms with Crippen LogP contribution in [0.1, 0.15) is 19.3 Å². The number of fused-ring (bicyclic) bond motifs is 1. The molecule has 1 aliphatic rings. The van der Waals surface area contributed by atoms with E-state index >= 15 is 0 Å². The number of rotatable bonds is 4. The number of hydrogen-bond donors (Lipinski definition) is 2. The molecule has 2 N–H and O–H groups in total. The second-order valence-electron chi connectivity index (χ2n) is 5.29. The third-order valence-corrected chi connectivity index (χ3v) is 4.41. The standard InChI is InChI=1S/C14H18N4O2S/c19-9-10-4-1-2-7-18(10)8-13(20)15-11-5-3-6-12-14(11)17-21-16-12/h3,5-6,10,19H,1-2,4,7-9H2,(H,15,20). The lowest BCUT2D eigenvalue weighted by molar-refractivity contribution is -0.118. The van der Waals surface area contributed by atoms with Crippen LogP contribution in [-0.2, 0) is 4.79 Å². The number of benzene rings is 1. The van der Waals surface area contributed by atoms with Crippen molar-refractivity contribution >= 4 is 34.4 Å². The molecule has 6 nitrogen and oxygen atoms in total. The molecule has 0 spiro atoms. The molecular formula is C14H18N4O2S. The SMILES string of the molecule is O=C(CN1CCCCC1CO)Nc1cccc2nsnc12. The van der Waals surface area contributed by atoms with Crippen LogP contribution in [0.15, 0.2) is 18.2 Å². The van der Waals surface area contributed by atoms with E-state index in [1.807, 2.05) is 18.2 Å². The van der Waals surface area contributed by atoms with Crippen LogP contribution in [0.4, 0.5) is 5.69 Å². The maximum atomic E-state index is 12.2. The number of nitrogens with zero attached hydrogens (tertiary/aromatic N) is 3. The molecule has 1 saturated heterocycles. The number of nitrogens with one attached hydrogen (secondary N) is 1. The molecule has 1 unspecified atom stereocenters. The minimum atomic E-state index is -0.0733. The second-order valence-corrected chi connectivity index (χ2v) is 5.82. The van der Waals surface area contributed by atoms with Crippen molar-refractivity contribution in [2.24, 2.45) is 0 Å². The number of aliphatic hydroxyl groups excluding tert-OH is 1. The fourth-order valence-corrected chi connectivity index (χ4v) is 3.31. The van der Waals surface area contributed by atoms with E-state index in [0.717, 1.165) is 48.6 Å². The molecule has 21 heavy (non-hydrogen) atoms. The Morgan fingerprint density at radius 2 is 2.33 bits per heavy atom. The van der Waals surface area contributed by atoms with Crippen molar-refractivity contribution in [1.29, 1.82) is 0 Å². The fraction of sp³-hybridized carbons (Fsp3) is 0.500. The normalized spacial score (nSPS) is 19.8. The number of likely N-dealkylation sites (tertiary alicyclic amines) is 1. The smallest absolute Gasteiger partial charge is 0.238 e. The molecule has 1 aliphatic heterocycles. The first-order valence-electron chi connectivity index (χ1n) is 7.14. The molecule has 0 radical (unpaired) electrons. The maximum absolute atomic E-state index is 12.2. The van der Waals surface area contributed by atoms with Crippen molar-refractivity contribution < 1.29 is 9.90 Å². The minimum absolute atomic E-state index is 0.0733. The molecular weight excluding hydrogens is 288 g/mol. The zero-order valence-electron chi connectivity index (χ0n) is 11.7. The van der Waals surface area contributed by atoms with E-state index in [1.54, 1.807) is 0 Å². The quantitative estimate of drug-likeness (QED) is 0.894. The summed E-state index contributed by atoms with van der Waals surface area (Å²) in [6.07, 6.45) is 3.15. The lowest BCUT2D eigenvalue weighted by Gasteiger charge is -2.33. The Morgan fingerprint density at radius 3 is 3.19 bits per heavy atom. The van der Waals surface area contributed by atoms with Crippen LogP contribution in [0.2, 0.25) is 0 Å². The van der Waals surface area contributed by atoms with E-state index in [1.165, 1.54) is 0 Å². The van der Waals surface area contributed by atoms with Crippen LogP contribution in [0.25, 0.3) is 11.0 Å². The van der Waals surface area contributed by atoms with E-state index < -0.39 is 0 Å². The maximum Gasteiger partial charge on any atom is 0.238 e. The van der Waals surface area contributed by atoms with Crippen LogP contribution < -0.4 is 5.32 Å². The Bertz CT molecular complexity index is 630. The fourth-order valence-electron chi connectivity index (χ4n) is 2.76. The summed E-state index contributed by atoms with van der Waals surface area (Å²) in [5.74, 6) is -0.0733. The molecule has 1 aromatic heterocycles. The first-order chi connectivity index (χ1) is 10.3. The van der Waals surface area contributed by atoms with Gasteiger partial charge in [-0.05, 0) is 31.5 Å². The molecule has 1 atom stereocenters. The molecule has 0 bridgehead atoms. The van der Waals surface area contributed by atoms with Crippen molar-refractivity contribution in [3.63, 3.8) is 0 Å². The minimum Gasteiger partial charge on any atom is -0.395 e. The van der Waals surface area contributed by atoms with Gasteiger partial charge in [-0.2, -0.15) is 8.75 Å². The Hall–Kier alpha value is -1.57. The third kappa shape index (κ3) is 3.20. The van der Waals surface area contributed by atoms with Crippen molar-refractivity contribution in [3.05, 3.63) is 18.2 Å². The first kappa shape index (κ1) is 14.4. The van der Waals surface area contributed by atoms with Gasteiger partial charge in [-0.1, -0.05) is 12.5 Å². The molecule has 0 aliphatic carbocycles. The van der Waals surface area contributed by atoms with Gasteiger partial charge in [0.15, 0.2) is 0 Å². The van der Waals surface area contributed by atoms with E-state index in [0.29, 0.717) is 12.2 Å². The van der Waals surface area contributed by atoms with Crippen LogP contribution >= 0.6 is 11.7 Å². The van der Waals surface area contributed by atoms with E-state index in [4.69, 9.17) is 0 Å². The number of piperidine rings is 1. The van der Waals surface area contributed by atoms with Gasteiger partial charge in [0.2, 0.25) is 5.91 Å². The number of aliphatic hydroxyl groups is 1. The lowest BCUT2D eigenvalue weighted by Crippen LogP contribution is -2.45. The van der Waals surface area contributed by atoms with Crippen LogP contribution in [0.5, 0.6) is 0 Å². The number of carbonyl (C=O) groups is 1. The molecule has 3 rings (SSSR count). The molecule has 1 amide bonds. The Labute approximate surface area is 127 Å². The summed E-state index contributed by atoms with van der Waals surface area (Å²) in [5, 5.41) is 12.3. The zero-order chi connectivity index (χ0) is 14.7. The summed E-state index contributed by atoms with van der Waals surface area (Å²) in [6, 6.07) is 5.67. The highest BCUT2D eigenvalue weighted by atomic mass is 32.1. The zero-order valence-corrected chi connectivity index (χ0v) is 12.5. The Balaban J connectivity index is 1.67. The van der Waals surface area contributed by atoms with Gasteiger partial charge in [0, 0.05) is 6.04 Å². The average molecular weight is 306 g/mol. The van der Waals surface area contributed by atoms with Crippen molar-refractivity contribution in [3.8, 4) is 0 Å².